The summed E-state index contributed by atoms with van der Waals surface area (Å²) >= 11 is 12.1. The Hall–Kier alpha value is -1.84. The van der Waals surface area contributed by atoms with Gasteiger partial charge < -0.3 is 0 Å². The molecule has 20 heavy (non-hydrogen) atoms. The maximum absolute atomic E-state index is 6.21. The van der Waals surface area contributed by atoms with Gasteiger partial charge >= 0.3 is 0 Å². The summed E-state index contributed by atoms with van der Waals surface area (Å²) in [5.41, 5.74) is 3.18. The van der Waals surface area contributed by atoms with E-state index in [1.807, 2.05) is 22.9 Å². The standard InChI is InChI=1S/C15H9Cl2N3/c16-10-5-6-12(13(17)7-10)14-18-15-11-4-2-1-3-9(11)8-20(15)19-14/h1-7H,8H2. The Kier molecular flexibility index (Phi) is 2.59. The molecule has 4 rings (SSSR count). The van der Waals surface area contributed by atoms with Crippen LogP contribution < -0.4 is 0 Å². The second kappa shape index (κ2) is 4.33. The highest BCUT2D eigenvalue weighted by molar-refractivity contribution is 6.36. The van der Waals surface area contributed by atoms with Crippen molar-refractivity contribution >= 4 is 23.2 Å². The lowest BCUT2D eigenvalue weighted by atomic mass is 10.1. The third-order valence-corrected chi connectivity index (χ3v) is 3.97. The number of nitrogens with zero attached hydrogens (tertiary/aromatic N) is 3. The van der Waals surface area contributed by atoms with Gasteiger partial charge in [0.2, 0.25) is 0 Å². The fourth-order valence-electron chi connectivity index (χ4n) is 2.47. The summed E-state index contributed by atoms with van der Waals surface area (Å²) in [4.78, 5) is 4.62. The molecule has 1 aliphatic heterocycles. The second-order valence-electron chi connectivity index (χ2n) is 4.70. The number of halogens is 2. The molecule has 0 radical (unpaired) electrons. The van der Waals surface area contributed by atoms with E-state index in [1.54, 1.807) is 12.1 Å². The Morgan fingerprint density at radius 2 is 1.85 bits per heavy atom. The Bertz CT molecular complexity index is 824. The highest BCUT2D eigenvalue weighted by Crippen LogP contribution is 2.34. The molecule has 1 aromatic heterocycles. The van der Waals surface area contributed by atoms with Crippen LogP contribution >= 0.6 is 23.2 Å². The summed E-state index contributed by atoms with van der Waals surface area (Å²) in [5, 5.41) is 5.72. The van der Waals surface area contributed by atoms with Crippen molar-refractivity contribution in [3.63, 3.8) is 0 Å². The van der Waals surface area contributed by atoms with E-state index in [9.17, 15) is 0 Å². The van der Waals surface area contributed by atoms with Crippen LogP contribution in [-0.4, -0.2) is 14.8 Å². The highest BCUT2D eigenvalue weighted by Gasteiger charge is 2.23. The molecule has 3 aromatic rings. The zero-order valence-electron chi connectivity index (χ0n) is 10.3. The Morgan fingerprint density at radius 1 is 1.00 bits per heavy atom. The first-order valence-corrected chi connectivity index (χ1v) is 6.96. The van der Waals surface area contributed by atoms with Gasteiger partial charge in [0.25, 0.3) is 0 Å². The number of rotatable bonds is 1. The molecule has 1 aliphatic rings. The van der Waals surface area contributed by atoms with E-state index in [0.717, 1.165) is 23.5 Å². The maximum atomic E-state index is 6.21. The van der Waals surface area contributed by atoms with Gasteiger partial charge in [0.05, 0.1) is 11.6 Å². The van der Waals surface area contributed by atoms with Gasteiger partial charge in [0, 0.05) is 16.1 Å². The van der Waals surface area contributed by atoms with Crippen LogP contribution in [0.4, 0.5) is 0 Å². The van der Waals surface area contributed by atoms with E-state index in [4.69, 9.17) is 23.2 Å². The van der Waals surface area contributed by atoms with Gasteiger partial charge in [-0.25, -0.2) is 9.67 Å². The Morgan fingerprint density at radius 3 is 2.70 bits per heavy atom. The molecule has 0 amide bonds. The zero-order chi connectivity index (χ0) is 13.7. The molecule has 98 valence electrons. The number of benzene rings is 2. The zero-order valence-corrected chi connectivity index (χ0v) is 11.9. The van der Waals surface area contributed by atoms with Gasteiger partial charge in [-0.15, -0.1) is 0 Å². The number of hydrogen-bond donors (Lipinski definition) is 0. The lowest BCUT2D eigenvalue weighted by Crippen LogP contribution is -1.95. The van der Waals surface area contributed by atoms with Crippen molar-refractivity contribution in [2.24, 2.45) is 0 Å². The van der Waals surface area contributed by atoms with Crippen LogP contribution in [0.15, 0.2) is 42.5 Å². The largest absolute Gasteiger partial charge is 0.241 e. The first-order valence-electron chi connectivity index (χ1n) is 6.21. The number of aromatic nitrogens is 3. The minimum absolute atomic E-state index is 0.565. The predicted molar refractivity (Wildman–Crippen MR) is 80.0 cm³/mol. The average Bonchev–Trinajstić information content (AvgIpc) is 2.96. The fraction of sp³-hybridized carbons (Fsp3) is 0.0667. The topological polar surface area (TPSA) is 30.7 Å². The average molecular weight is 302 g/mol. The van der Waals surface area contributed by atoms with E-state index < -0.39 is 0 Å². The van der Waals surface area contributed by atoms with Crippen LogP contribution in [0.2, 0.25) is 10.0 Å². The molecule has 0 saturated carbocycles. The van der Waals surface area contributed by atoms with Crippen molar-refractivity contribution in [3.8, 4) is 22.8 Å². The molecule has 3 nitrogen and oxygen atoms in total. The maximum Gasteiger partial charge on any atom is 0.183 e. The molecular formula is C15H9Cl2N3. The first kappa shape index (κ1) is 11.9. The van der Waals surface area contributed by atoms with E-state index in [0.29, 0.717) is 15.9 Å². The molecule has 0 saturated heterocycles. The molecule has 0 fully saturated rings. The minimum atomic E-state index is 0.565. The molecular weight excluding hydrogens is 293 g/mol. The first-order chi connectivity index (χ1) is 9.72. The van der Waals surface area contributed by atoms with Crippen LogP contribution in [-0.2, 0) is 6.54 Å². The SMILES string of the molecule is Clc1ccc(-c2nc3n(n2)Cc2ccccc2-3)c(Cl)c1. The highest BCUT2D eigenvalue weighted by atomic mass is 35.5. The Labute approximate surface area is 125 Å². The third kappa shape index (κ3) is 1.74. The summed E-state index contributed by atoms with van der Waals surface area (Å²) in [6, 6.07) is 13.6. The van der Waals surface area contributed by atoms with E-state index in [1.165, 1.54) is 5.56 Å². The van der Waals surface area contributed by atoms with Crippen molar-refractivity contribution in [3.05, 3.63) is 58.1 Å². The normalized spacial score (nSPS) is 12.3. The quantitative estimate of drug-likeness (QED) is 0.525. The van der Waals surface area contributed by atoms with Crippen molar-refractivity contribution in [1.82, 2.24) is 14.8 Å². The number of fused-ring (bicyclic) bond motifs is 3. The van der Waals surface area contributed by atoms with Gasteiger partial charge in [0.15, 0.2) is 11.6 Å². The van der Waals surface area contributed by atoms with Crippen LogP contribution in [0, 0.1) is 0 Å². The van der Waals surface area contributed by atoms with Crippen molar-refractivity contribution in [2.45, 2.75) is 6.54 Å². The third-order valence-electron chi connectivity index (χ3n) is 3.42. The number of hydrogen-bond acceptors (Lipinski definition) is 2. The van der Waals surface area contributed by atoms with Gasteiger partial charge in [0.1, 0.15) is 0 Å². The molecule has 5 heteroatoms. The van der Waals surface area contributed by atoms with Gasteiger partial charge in [-0.1, -0.05) is 47.5 Å². The molecule has 0 N–H and O–H groups in total. The molecule has 0 unspecified atom stereocenters. The summed E-state index contributed by atoms with van der Waals surface area (Å²) in [5.74, 6) is 1.53. The van der Waals surface area contributed by atoms with Crippen molar-refractivity contribution < 1.29 is 0 Å². The van der Waals surface area contributed by atoms with Gasteiger partial charge in [-0.3, -0.25) is 0 Å². The Balaban J connectivity index is 1.85. The minimum Gasteiger partial charge on any atom is -0.241 e. The van der Waals surface area contributed by atoms with E-state index in [2.05, 4.69) is 22.2 Å². The summed E-state index contributed by atoms with van der Waals surface area (Å²) in [6.07, 6.45) is 0. The molecule has 0 aliphatic carbocycles. The molecule has 0 bridgehead atoms. The van der Waals surface area contributed by atoms with Crippen LogP contribution in [0.1, 0.15) is 5.56 Å². The summed E-state index contributed by atoms with van der Waals surface area (Å²) in [7, 11) is 0. The van der Waals surface area contributed by atoms with E-state index >= 15 is 0 Å². The smallest absolute Gasteiger partial charge is 0.183 e. The lowest BCUT2D eigenvalue weighted by Gasteiger charge is -2.00. The van der Waals surface area contributed by atoms with Gasteiger partial charge in [-0.05, 0) is 23.8 Å². The lowest BCUT2D eigenvalue weighted by molar-refractivity contribution is 0.722. The van der Waals surface area contributed by atoms with Crippen LogP contribution in [0.3, 0.4) is 0 Å². The fourth-order valence-corrected chi connectivity index (χ4v) is 2.97. The van der Waals surface area contributed by atoms with Crippen molar-refractivity contribution in [1.29, 1.82) is 0 Å². The monoisotopic (exact) mass is 301 g/mol. The summed E-state index contributed by atoms with van der Waals surface area (Å²) < 4.78 is 1.91. The molecule has 0 spiro atoms. The molecule has 2 heterocycles. The van der Waals surface area contributed by atoms with Crippen molar-refractivity contribution in [2.75, 3.05) is 0 Å². The van der Waals surface area contributed by atoms with Crippen LogP contribution in [0.5, 0.6) is 0 Å². The van der Waals surface area contributed by atoms with Gasteiger partial charge in [-0.2, -0.15) is 5.10 Å². The second-order valence-corrected chi connectivity index (χ2v) is 5.54. The van der Waals surface area contributed by atoms with Crippen LogP contribution in [0.25, 0.3) is 22.8 Å². The molecule has 2 aromatic carbocycles. The predicted octanol–water partition coefficient (Wildman–Crippen LogP) is 4.28. The van der Waals surface area contributed by atoms with E-state index in [-0.39, 0.29) is 0 Å². The summed E-state index contributed by atoms with van der Waals surface area (Å²) in [6.45, 7) is 0.754. The molecule has 0 atom stereocenters.